The topological polar surface area (TPSA) is 61.0 Å². The second-order valence-corrected chi connectivity index (χ2v) is 5.20. The van der Waals surface area contributed by atoms with Gasteiger partial charge >= 0.3 is 0 Å². The van der Waals surface area contributed by atoms with Crippen LogP contribution in [0.2, 0.25) is 0 Å². The summed E-state index contributed by atoms with van der Waals surface area (Å²) in [6.07, 6.45) is 2.39. The fourth-order valence-corrected chi connectivity index (χ4v) is 1.99. The number of rotatable bonds is 4. The number of nitrogen functional groups attached to an aromatic ring is 1. The van der Waals surface area contributed by atoms with Gasteiger partial charge in [-0.2, -0.15) is 0 Å². The van der Waals surface area contributed by atoms with E-state index in [1.807, 2.05) is 25.1 Å². The first-order valence-electron chi connectivity index (χ1n) is 6.90. The third-order valence-corrected chi connectivity index (χ3v) is 3.30. The molecule has 2 rings (SSSR count). The maximum Gasteiger partial charge on any atom is 0.222 e. The van der Waals surface area contributed by atoms with Crippen molar-refractivity contribution in [2.75, 3.05) is 5.73 Å². The minimum absolute atomic E-state index is 0.334. The van der Waals surface area contributed by atoms with E-state index in [0.29, 0.717) is 11.8 Å². The number of benzene rings is 1. The number of aromatic nitrogens is 2. The van der Waals surface area contributed by atoms with Crippen LogP contribution in [0.25, 0.3) is 0 Å². The summed E-state index contributed by atoms with van der Waals surface area (Å²) in [5.41, 5.74) is 9.84. The van der Waals surface area contributed by atoms with Gasteiger partial charge in [0.15, 0.2) is 0 Å². The maximum atomic E-state index is 5.99. The van der Waals surface area contributed by atoms with E-state index in [2.05, 4.69) is 30.7 Å². The van der Waals surface area contributed by atoms with Gasteiger partial charge in [-0.25, -0.2) is 9.97 Å². The summed E-state index contributed by atoms with van der Waals surface area (Å²) in [6, 6.07) is 5.82. The lowest BCUT2D eigenvalue weighted by molar-refractivity contribution is 0.451. The molecule has 0 unspecified atom stereocenters. The molecule has 0 spiro atoms. The highest BCUT2D eigenvalue weighted by Crippen LogP contribution is 2.33. The number of hydrogen-bond donors (Lipinski definition) is 1. The molecule has 0 aliphatic carbocycles. The lowest BCUT2D eigenvalue weighted by Crippen LogP contribution is -2.00. The molecule has 0 saturated carbocycles. The van der Waals surface area contributed by atoms with Crippen LogP contribution in [0.3, 0.4) is 0 Å². The van der Waals surface area contributed by atoms with Crippen LogP contribution in [-0.2, 0) is 6.42 Å². The number of aryl methyl sites for hydroxylation is 2. The van der Waals surface area contributed by atoms with E-state index in [4.69, 9.17) is 10.5 Å². The first-order chi connectivity index (χ1) is 9.51. The standard InChI is InChI=1S/C16H21N3O/c1-5-12-7-16(19-9-18-12)20-15-6-11(4)14(17)8-13(15)10(2)3/h6-10H,5,17H2,1-4H3. The Balaban J connectivity index is 2.39. The summed E-state index contributed by atoms with van der Waals surface area (Å²) in [5.74, 6) is 1.72. The van der Waals surface area contributed by atoms with Gasteiger partial charge in [0.1, 0.15) is 12.1 Å². The summed E-state index contributed by atoms with van der Waals surface area (Å²) in [5, 5.41) is 0. The van der Waals surface area contributed by atoms with Crippen molar-refractivity contribution in [2.45, 2.75) is 40.0 Å². The Morgan fingerprint density at radius 3 is 2.60 bits per heavy atom. The summed E-state index contributed by atoms with van der Waals surface area (Å²) in [4.78, 5) is 8.35. The average molecular weight is 271 g/mol. The summed E-state index contributed by atoms with van der Waals surface area (Å²) in [7, 11) is 0. The predicted molar refractivity (Wildman–Crippen MR) is 81.2 cm³/mol. The quantitative estimate of drug-likeness (QED) is 0.858. The van der Waals surface area contributed by atoms with Crippen molar-refractivity contribution in [3.8, 4) is 11.6 Å². The highest BCUT2D eigenvalue weighted by molar-refractivity contribution is 5.55. The zero-order valence-corrected chi connectivity index (χ0v) is 12.5. The molecule has 0 bridgehead atoms. The van der Waals surface area contributed by atoms with Crippen molar-refractivity contribution in [1.29, 1.82) is 0 Å². The highest BCUT2D eigenvalue weighted by atomic mass is 16.5. The lowest BCUT2D eigenvalue weighted by Gasteiger charge is -2.15. The zero-order valence-electron chi connectivity index (χ0n) is 12.5. The molecule has 0 radical (unpaired) electrons. The van der Waals surface area contributed by atoms with Gasteiger partial charge in [-0.1, -0.05) is 20.8 Å². The normalized spacial score (nSPS) is 10.8. The van der Waals surface area contributed by atoms with Gasteiger partial charge in [0.25, 0.3) is 0 Å². The van der Waals surface area contributed by atoms with Crippen molar-refractivity contribution in [2.24, 2.45) is 0 Å². The lowest BCUT2D eigenvalue weighted by atomic mass is 9.99. The van der Waals surface area contributed by atoms with Gasteiger partial charge in [0.2, 0.25) is 5.88 Å². The van der Waals surface area contributed by atoms with Gasteiger partial charge in [0, 0.05) is 17.4 Å². The van der Waals surface area contributed by atoms with Crippen molar-refractivity contribution < 1.29 is 4.74 Å². The summed E-state index contributed by atoms with van der Waals surface area (Å²) in [6.45, 7) is 8.27. The summed E-state index contributed by atoms with van der Waals surface area (Å²) < 4.78 is 5.94. The van der Waals surface area contributed by atoms with Crippen LogP contribution >= 0.6 is 0 Å². The fourth-order valence-electron chi connectivity index (χ4n) is 1.99. The van der Waals surface area contributed by atoms with E-state index < -0.39 is 0 Å². The monoisotopic (exact) mass is 271 g/mol. The van der Waals surface area contributed by atoms with E-state index in [1.54, 1.807) is 0 Å². The Kier molecular flexibility index (Phi) is 4.23. The predicted octanol–water partition coefficient (Wildman–Crippen LogP) is 3.85. The molecule has 4 heteroatoms. The van der Waals surface area contributed by atoms with Crippen LogP contribution in [0.4, 0.5) is 5.69 Å². The molecule has 2 N–H and O–H groups in total. The number of nitrogens with zero attached hydrogens (tertiary/aromatic N) is 2. The Morgan fingerprint density at radius 2 is 1.95 bits per heavy atom. The molecule has 0 saturated heterocycles. The molecule has 20 heavy (non-hydrogen) atoms. The maximum absolute atomic E-state index is 5.99. The van der Waals surface area contributed by atoms with Gasteiger partial charge in [-0.05, 0) is 42.5 Å². The second kappa shape index (κ2) is 5.90. The third-order valence-electron chi connectivity index (χ3n) is 3.30. The minimum atomic E-state index is 0.334. The molecule has 0 amide bonds. The van der Waals surface area contributed by atoms with Crippen LogP contribution < -0.4 is 10.5 Å². The molecular weight excluding hydrogens is 250 g/mol. The van der Waals surface area contributed by atoms with Crippen molar-refractivity contribution >= 4 is 5.69 Å². The number of hydrogen-bond acceptors (Lipinski definition) is 4. The number of anilines is 1. The van der Waals surface area contributed by atoms with Crippen LogP contribution in [0, 0.1) is 6.92 Å². The first-order valence-corrected chi connectivity index (χ1v) is 6.90. The molecule has 1 aromatic heterocycles. The summed E-state index contributed by atoms with van der Waals surface area (Å²) >= 11 is 0. The Labute approximate surface area is 120 Å². The second-order valence-electron chi connectivity index (χ2n) is 5.20. The van der Waals surface area contributed by atoms with Gasteiger partial charge in [-0.15, -0.1) is 0 Å². The number of ether oxygens (including phenoxy) is 1. The molecule has 106 valence electrons. The molecule has 4 nitrogen and oxygen atoms in total. The van der Waals surface area contributed by atoms with E-state index in [-0.39, 0.29) is 0 Å². The molecule has 0 atom stereocenters. The molecule has 1 heterocycles. The van der Waals surface area contributed by atoms with Crippen LogP contribution in [0.1, 0.15) is 43.5 Å². The molecular formula is C16H21N3O. The van der Waals surface area contributed by atoms with Crippen molar-refractivity contribution in [1.82, 2.24) is 9.97 Å². The average Bonchev–Trinajstić information content (AvgIpc) is 2.42. The van der Waals surface area contributed by atoms with E-state index in [9.17, 15) is 0 Å². The Morgan fingerprint density at radius 1 is 1.20 bits per heavy atom. The molecule has 0 aliphatic rings. The van der Waals surface area contributed by atoms with Crippen LogP contribution in [0.15, 0.2) is 24.5 Å². The minimum Gasteiger partial charge on any atom is -0.439 e. The smallest absolute Gasteiger partial charge is 0.222 e. The zero-order chi connectivity index (χ0) is 14.7. The largest absolute Gasteiger partial charge is 0.439 e. The van der Waals surface area contributed by atoms with Crippen LogP contribution in [0.5, 0.6) is 11.6 Å². The van der Waals surface area contributed by atoms with Gasteiger partial charge < -0.3 is 10.5 Å². The molecule has 1 aromatic carbocycles. The molecule has 0 aliphatic heterocycles. The molecule has 0 fully saturated rings. The highest BCUT2D eigenvalue weighted by Gasteiger charge is 2.12. The Hall–Kier alpha value is -2.10. The van der Waals surface area contributed by atoms with Gasteiger partial charge in [-0.3, -0.25) is 0 Å². The van der Waals surface area contributed by atoms with E-state index in [1.165, 1.54) is 6.33 Å². The SMILES string of the molecule is CCc1cc(Oc2cc(C)c(N)cc2C(C)C)ncn1. The van der Waals surface area contributed by atoms with Crippen LogP contribution in [-0.4, -0.2) is 9.97 Å². The number of nitrogens with two attached hydrogens (primary N) is 1. The third kappa shape index (κ3) is 3.07. The van der Waals surface area contributed by atoms with Crippen molar-refractivity contribution in [3.05, 3.63) is 41.3 Å². The van der Waals surface area contributed by atoms with Crippen molar-refractivity contribution in [3.63, 3.8) is 0 Å². The van der Waals surface area contributed by atoms with E-state index in [0.717, 1.165) is 34.7 Å². The van der Waals surface area contributed by atoms with Gasteiger partial charge in [0.05, 0.1) is 0 Å². The first kappa shape index (κ1) is 14.3. The fraction of sp³-hybridized carbons (Fsp3) is 0.375. The molecule has 2 aromatic rings. The van der Waals surface area contributed by atoms with E-state index >= 15 is 0 Å². The Bertz CT molecular complexity index is 609.